The number of para-hydroxylation sites is 1. The molecule has 19 heavy (non-hydrogen) atoms. The van der Waals surface area contributed by atoms with E-state index in [-0.39, 0.29) is 19.1 Å². The van der Waals surface area contributed by atoms with E-state index in [2.05, 4.69) is 0 Å². The molecule has 1 aromatic rings. The first-order valence-corrected chi connectivity index (χ1v) is 5.84. The highest BCUT2D eigenvalue weighted by molar-refractivity contribution is 5.93. The van der Waals surface area contributed by atoms with Crippen molar-refractivity contribution in [3.63, 3.8) is 0 Å². The zero-order chi connectivity index (χ0) is 14.3. The molecule has 0 fully saturated rings. The number of rotatable bonds is 6. The van der Waals surface area contributed by atoms with Gasteiger partial charge in [-0.25, -0.2) is 4.79 Å². The van der Waals surface area contributed by atoms with Gasteiger partial charge in [0, 0.05) is 26.4 Å². The van der Waals surface area contributed by atoms with Crippen molar-refractivity contribution >= 4 is 17.7 Å². The topological polar surface area (TPSA) is 70.1 Å². The summed E-state index contributed by atoms with van der Waals surface area (Å²) in [6.07, 6.45) is 0. The third kappa shape index (κ3) is 4.59. The zero-order valence-electron chi connectivity index (χ0n) is 11.1. The number of amides is 2. The Morgan fingerprint density at radius 3 is 2.42 bits per heavy atom. The van der Waals surface area contributed by atoms with Gasteiger partial charge in [-0.2, -0.15) is 0 Å². The fourth-order valence-corrected chi connectivity index (χ4v) is 1.58. The van der Waals surface area contributed by atoms with Crippen LogP contribution in [0.2, 0.25) is 0 Å². The van der Waals surface area contributed by atoms with E-state index in [1.165, 1.54) is 16.9 Å². The SMILES string of the molecule is COCCN(CC(=O)O)C(=O)N(C)c1ccccc1. The van der Waals surface area contributed by atoms with E-state index >= 15 is 0 Å². The van der Waals surface area contributed by atoms with Crippen LogP contribution >= 0.6 is 0 Å². The lowest BCUT2D eigenvalue weighted by Crippen LogP contribution is -2.45. The van der Waals surface area contributed by atoms with Crippen LogP contribution in [0.25, 0.3) is 0 Å². The van der Waals surface area contributed by atoms with Crippen LogP contribution in [0, 0.1) is 0 Å². The second-order valence-electron chi connectivity index (χ2n) is 3.99. The van der Waals surface area contributed by atoms with Crippen LogP contribution in [-0.2, 0) is 9.53 Å². The number of carbonyl (C=O) groups is 2. The van der Waals surface area contributed by atoms with E-state index in [0.717, 1.165) is 0 Å². The number of ether oxygens (including phenoxy) is 1. The van der Waals surface area contributed by atoms with Gasteiger partial charge in [0.15, 0.2) is 0 Å². The number of carboxylic acid groups (broad SMARTS) is 1. The maximum absolute atomic E-state index is 12.2. The van der Waals surface area contributed by atoms with Crippen LogP contribution in [0.1, 0.15) is 0 Å². The highest BCUT2D eigenvalue weighted by Crippen LogP contribution is 2.13. The molecule has 2 amide bonds. The molecule has 1 N–H and O–H groups in total. The lowest BCUT2D eigenvalue weighted by atomic mass is 10.3. The van der Waals surface area contributed by atoms with Crippen LogP contribution in [0.3, 0.4) is 0 Å². The summed E-state index contributed by atoms with van der Waals surface area (Å²) in [5.74, 6) is -1.05. The summed E-state index contributed by atoms with van der Waals surface area (Å²) in [5.41, 5.74) is 0.709. The molecule has 0 radical (unpaired) electrons. The molecule has 0 aliphatic heterocycles. The number of hydrogen-bond acceptors (Lipinski definition) is 3. The maximum Gasteiger partial charge on any atom is 0.324 e. The van der Waals surface area contributed by atoms with Crippen molar-refractivity contribution < 1.29 is 19.4 Å². The number of anilines is 1. The number of urea groups is 1. The fourth-order valence-electron chi connectivity index (χ4n) is 1.58. The molecular weight excluding hydrogens is 248 g/mol. The van der Waals surface area contributed by atoms with Gasteiger partial charge >= 0.3 is 12.0 Å². The summed E-state index contributed by atoms with van der Waals surface area (Å²) in [6, 6.07) is 8.68. The Morgan fingerprint density at radius 1 is 1.26 bits per heavy atom. The minimum atomic E-state index is -1.05. The van der Waals surface area contributed by atoms with Crippen molar-refractivity contribution in [2.24, 2.45) is 0 Å². The molecule has 6 nitrogen and oxygen atoms in total. The number of hydrogen-bond donors (Lipinski definition) is 1. The van der Waals surface area contributed by atoms with Crippen LogP contribution in [0.15, 0.2) is 30.3 Å². The van der Waals surface area contributed by atoms with E-state index in [1.54, 1.807) is 19.2 Å². The van der Waals surface area contributed by atoms with Crippen molar-refractivity contribution in [3.8, 4) is 0 Å². The molecule has 0 aromatic heterocycles. The Hall–Kier alpha value is -2.08. The standard InChI is InChI=1S/C13H18N2O4/c1-14(11-6-4-3-5-7-11)13(18)15(8-9-19-2)10-12(16)17/h3-7H,8-10H2,1-2H3,(H,16,17). The number of methoxy groups -OCH3 is 1. The molecule has 1 rings (SSSR count). The Kier molecular flexibility index (Phi) is 5.81. The van der Waals surface area contributed by atoms with Gasteiger partial charge in [-0.05, 0) is 12.1 Å². The molecule has 6 heteroatoms. The van der Waals surface area contributed by atoms with Crippen LogP contribution < -0.4 is 4.90 Å². The normalized spacial score (nSPS) is 10.0. The van der Waals surface area contributed by atoms with Crippen molar-refractivity contribution in [2.75, 3.05) is 38.8 Å². The van der Waals surface area contributed by atoms with Crippen molar-refractivity contribution in [1.82, 2.24) is 4.90 Å². The minimum absolute atomic E-state index is 0.235. The van der Waals surface area contributed by atoms with Gasteiger partial charge in [-0.15, -0.1) is 0 Å². The van der Waals surface area contributed by atoms with E-state index in [0.29, 0.717) is 12.3 Å². The second-order valence-corrected chi connectivity index (χ2v) is 3.99. The van der Waals surface area contributed by atoms with Crippen LogP contribution in [0.5, 0.6) is 0 Å². The predicted octanol–water partition coefficient (Wildman–Crippen LogP) is 1.28. The van der Waals surface area contributed by atoms with Crippen LogP contribution in [-0.4, -0.2) is 55.9 Å². The largest absolute Gasteiger partial charge is 0.480 e. The van der Waals surface area contributed by atoms with Crippen molar-refractivity contribution in [2.45, 2.75) is 0 Å². The Morgan fingerprint density at radius 2 is 1.89 bits per heavy atom. The Bertz CT molecular complexity index is 422. The summed E-state index contributed by atoms with van der Waals surface area (Å²) in [7, 11) is 3.11. The summed E-state index contributed by atoms with van der Waals surface area (Å²) >= 11 is 0. The monoisotopic (exact) mass is 266 g/mol. The average Bonchev–Trinajstić information content (AvgIpc) is 2.42. The van der Waals surface area contributed by atoms with Gasteiger partial charge in [0.05, 0.1) is 6.61 Å². The van der Waals surface area contributed by atoms with Crippen molar-refractivity contribution in [3.05, 3.63) is 30.3 Å². The molecular formula is C13H18N2O4. The molecule has 1 aromatic carbocycles. The minimum Gasteiger partial charge on any atom is -0.480 e. The summed E-state index contributed by atoms with van der Waals surface area (Å²) in [6.45, 7) is 0.180. The number of aliphatic carboxylic acids is 1. The molecule has 104 valence electrons. The van der Waals surface area contributed by atoms with E-state index in [1.807, 2.05) is 18.2 Å². The average molecular weight is 266 g/mol. The zero-order valence-corrected chi connectivity index (χ0v) is 11.1. The number of carbonyl (C=O) groups excluding carboxylic acids is 1. The van der Waals surface area contributed by atoms with Gasteiger partial charge < -0.3 is 14.7 Å². The Balaban J connectivity index is 2.77. The first kappa shape index (κ1) is 15.0. The third-order valence-corrected chi connectivity index (χ3v) is 2.59. The Labute approximate surface area is 112 Å². The summed E-state index contributed by atoms with van der Waals surface area (Å²) < 4.78 is 4.88. The highest BCUT2D eigenvalue weighted by Gasteiger charge is 2.20. The van der Waals surface area contributed by atoms with E-state index < -0.39 is 5.97 Å². The first-order valence-electron chi connectivity index (χ1n) is 5.84. The van der Waals surface area contributed by atoms with E-state index in [4.69, 9.17) is 9.84 Å². The number of benzene rings is 1. The smallest absolute Gasteiger partial charge is 0.324 e. The van der Waals surface area contributed by atoms with Gasteiger partial charge in [-0.3, -0.25) is 9.69 Å². The molecule has 0 saturated heterocycles. The summed E-state index contributed by atoms with van der Waals surface area (Å²) in [4.78, 5) is 25.7. The van der Waals surface area contributed by atoms with Gasteiger partial charge in [0.2, 0.25) is 0 Å². The van der Waals surface area contributed by atoms with Crippen molar-refractivity contribution in [1.29, 1.82) is 0 Å². The lowest BCUT2D eigenvalue weighted by Gasteiger charge is -2.26. The molecule has 0 saturated carbocycles. The third-order valence-electron chi connectivity index (χ3n) is 2.59. The first-order chi connectivity index (χ1) is 9.06. The fraction of sp³-hybridized carbons (Fsp3) is 0.385. The summed E-state index contributed by atoms with van der Waals surface area (Å²) in [5, 5.41) is 8.83. The lowest BCUT2D eigenvalue weighted by molar-refractivity contribution is -0.137. The molecule has 0 heterocycles. The second kappa shape index (κ2) is 7.38. The molecule has 0 aliphatic carbocycles. The quantitative estimate of drug-likeness (QED) is 0.842. The number of carboxylic acids is 1. The molecule has 0 bridgehead atoms. The molecule has 0 unspecified atom stereocenters. The predicted molar refractivity (Wildman–Crippen MR) is 71.3 cm³/mol. The van der Waals surface area contributed by atoms with Gasteiger partial charge in [0.25, 0.3) is 0 Å². The number of nitrogens with zero attached hydrogens (tertiary/aromatic N) is 2. The molecule has 0 atom stereocenters. The maximum atomic E-state index is 12.2. The van der Waals surface area contributed by atoms with Gasteiger partial charge in [-0.1, -0.05) is 18.2 Å². The molecule has 0 spiro atoms. The van der Waals surface area contributed by atoms with Gasteiger partial charge in [0.1, 0.15) is 6.54 Å². The van der Waals surface area contributed by atoms with Crippen LogP contribution in [0.4, 0.5) is 10.5 Å². The van der Waals surface area contributed by atoms with E-state index in [9.17, 15) is 9.59 Å². The molecule has 0 aliphatic rings. The highest BCUT2D eigenvalue weighted by atomic mass is 16.5.